The highest BCUT2D eigenvalue weighted by Gasteiger charge is 2.56. The highest BCUT2D eigenvalue weighted by atomic mass is 35.5. The maximum absolute atomic E-state index is 14.6. The summed E-state index contributed by atoms with van der Waals surface area (Å²) >= 11 is 12.3. The zero-order valence-electron chi connectivity index (χ0n) is 24.5. The summed E-state index contributed by atoms with van der Waals surface area (Å²) in [4.78, 5) is 35.1. The van der Waals surface area contributed by atoms with Gasteiger partial charge in [0.2, 0.25) is 5.91 Å². The van der Waals surface area contributed by atoms with Gasteiger partial charge in [-0.3, -0.25) is 9.59 Å². The molecule has 0 unspecified atom stereocenters. The van der Waals surface area contributed by atoms with E-state index >= 15 is 0 Å². The molecule has 3 heterocycles. The van der Waals surface area contributed by atoms with Crippen LogP contribution in [0.3, 0.4) is 0 Å². The lowest BCUT2D eigenvalue weighted by Gasteiger charge is -2.30. The van der Waals surface area contributed by atoms with Crippen LogP contribution in [0, 0.1) is 18.7 Å². The van der Waals surface area contributed by atoms with Gasteiger partial charge in [-0.15, -0.1) is 0 Å². The summed E-state index contributed by atoms with van der Waals surface area (Å²) in [6.07, 6.45) is -2.18. The molecule has 1 fully saturated rings. The van der Waals surface area contributed by atoms with E-state index in [0.29, 0.717) is 40.2 Å². The number of carbonyl (C=O) groups excluding carboxylic acids is 2. The molecule has 46 heavy (non-hydrogen) atoms. The summed E-state index contributed by atoms with van der Waals surface area (Å²) in [6.45, 7) is 0.589. The van der Waals surface area contributed by atoms with Gasteiger partial charge in [-0.25, -0.2) is 23.1 Å². The van der Waals surface area contributed by atoms with Gasteiger partial charge < -0.3 is 25.6 Å². The molecule has 0 spiro atoms. The third-order valence-corrected chi connectivity index (χ3v) is 9.28. The summed E-state index contributed by atoms with van der Waals surface area (Å²) in [5, 5.41) is 15.6. The topological polar surface area (TPSA) is 137 Å². The number of hydrogen-bond donors (Lipinski definition) is 3. The third kappa shape index (κ3) is 5.18. The first-order chi connectivity index (χ1) is 21.8. The summed E-state index contributed by atoms with van der Waals surface area (Å²) in [5.74, 6) is -2.90. The molecule has 0 bridgehead atoms. The highest BCUT2D eigenvalue weighted by molar-refractivity contribution is 6.32. The van der Waals surface area contributed by atoms with E-state index in [0.717, 1.165) is 6.07 Å². The maximum atomic E-state index is 14.6. The van der Waals surface area contributed by atoms with E-state index in [1.165, 1.54) is 31.4 Å². The Hall–Kier alpha value is -4.13. The Bertz CT molecular complexity index is 1930. The van der Waals surface area contributed by atoms with Crippen molar-refractivity contribution in [3.05, 3.63) is 80.8 Å². The number of nitrogens with zero attached hydrogens (tertiary/aromatic N) is 2. The average Bonchev–Trinajstić information content (AvgIpc) is 3.81. The van der Waals surface area contributed by atoms with E-state index in [1.807, 2.05) is 0 Å². The number of primary amides is 1. The van der Waals surface area contributed by atoms with Gasteiger partial charge in [0.05, 0.1) is 35.1 Å². The van der Waals surface area contributed by atoms with Crippen LogP contribution in [0.1, 0.15) is 40.2 Å². The lowest BCUT2D eigenvalue weighted by molar-refractivity contribution is -0.130. The number of benzene rings is 2. The smallest absolute Gasteiger partial charge is 0.260 e. The first-order valence-electron chi connectivity index (χ1n) is 14.2. The van der Waals surface area contributed by atoms with Crippen molar-refractivity contribution in [2.24, 2.45) is 11.7 Å². The van der Waals surface area contributed by atoms with E-state index in [-0.39, 0.29) is 45.4 Å². The molecule has 2 aromatic carbocycles. The van der Waals surface area contributed by atoms with Crippen LogP contribution >= 0.6 is 23.2 Å². The lowest BCUT2D eigenvalue weighted by Crippen LogP contribution is -2.49. The Balaban J connectivity index is 1.43. The van der Waals surface area contributed by atoms with E-state index in [2.05, 4.69) is 15.3 Å². The van der Waals surface area contributed by atoms with Crippen molar-refractivity contribution in [3.63, 3.8) is 0 Å². The molecule has 0 radical (unpaired) electrons. The SMILES string of the molecule is COc1cc(C(=O)NC[C@](O)(c2cc3c(c(-c4ccc(F)c(Cl)c4)n2)OC[C@]3(C(N)=O)C(F)F)C2CC2)cc2cc(Cl)c(C)nc12. The highest BCUT2D eigenvalue weighted by Crippen LogP contribution is 2.51. The summed E-state index contributed by atoms with van der Waals surface area (Å²) in [7, 11) is 1.44. The van der Waals surface area contributed by atoms with Gasteiger partial charge >= 0.3 is 0 Å². The number of aryl methyl sites for hydroxylation is 1. The van der Waals surface area contributed by atoms with Gasteiger partial charge in [0.25, 0.3) is 12.3 Å². The minimum Gasteiger partial charge on any atom is -0.494 e. The van der Waals surface area contributed by atoms with Crippen LogP contribution in [-0.4, -0.2) is 53.6 Å². The summed E-state index contributed by atoms with van der Waals surface area (Å²) in [5.41, 5.74) is 2.13. The molecule has 4 aromatic rings. The second kappa shape index (κ2) is 11.6. The van der Waals surface area contributed by atoms with Gasteiger partial charge in [0.15, 0.2) is 5.41 Å². The van der Waals surface area contributed by atoms with Crippen LogP contribution in [0.15, 0.2) is 42.5 Å². The normalized spacial score (nSPS) is 18.6. The second-order valence-corrected chi connectivity index (χ2v) is 12.3. The average molecular weight is 675 g/mol. The number of alkyl halides is 2. The Morgan fingerprint density at radius 3 is 2.54 bits per heavy atom. The standard InChI is InChI=1S/C32H27Cl2F3N4O5/c1-14-20(33)9-16-7-17(10-23(45-2)25(16)40-14)28(42)39-12-32(44,18-4-5-18)24-11-19-27(46-13-31(19,29(36)37)30(38)43)26(41-24)15-3-6-22(35)21(34)8-15/h3,6-11,18,29,44H,4-5,12-13H2,1-2H3,(H2,38,43)(H,39,42)/t31-,32-/m1/s1. The molecule has 0 saturated heterocycles. The number of nitrogens with one attached hydrogen (secondary N) is 1. The number of hydrogen-bond acceptors (Lipinski definition) is 7. The van der Waals surface area contributed by atoms with E-state index in [9.17, 15) is 27.9 Å². The molecular formula is C32H27Cl2F3N4O5. The van der Waals surface area contributed by atoms with Gasteiger partial charge in [-0.2, -0.15) is 0 Å². The second-order valence-electron chi connectivity index (χ2n) is 11.5. The van der Waals surface area contributed by atoms with Gasteiger partial charge in [-0.05, 0) is 68.1 Å². The molecule has 1 aliphatic carbocycles. The quantitative estimate of drug-likeness (QED) is 0.214. The zero-order chi connectivity index (χ0) is 33.1. The number of methoxy groups -OCH3 is 1. The van der Waals surface area contributed by atoms with Crippen LogP contribution in [0.2, 0.25) is 10.0 Å². The van der Waals surface area contributed by atoms with E-state index in [1.54, 1.807) is 19.1 Å². The number of aromatic nitrogens is 2. The van der Waals surface area contributed by atoms with Crippen molar-refractivity contribution in [2.75, 3.05) is 20.3 Å². The molecule has 2 aromatic heterocycles. The van der Waals surface area contributed by atoms with Gasteiger partial charge in [0, 0.05) is 22.1 Å². The lowest BCUT2D eigenvalue weighted by atomic mass is 9.79. The largest absolute Gasteiger partial charge is 0.494 e. The first kappa shape index (κ1) is 31.8. The Morgan fingerprint density at radius 2 is 1.91 bits per heavy atom. The number of carbonyl (C=O) groups is 2. The molecule has 2 atom stereocenters. The van der Waals surface area contributed by atoms with Gasteiger partial charge in [0.1, 0.15) is 40.7 Å². The van der Waals surface area contributed by atoms with E-state index < -0.39 is 47.6 Å². The molecule has 2 amide bonds. The van der Waals surface area contributed by atoms with Crippen LogP contribution in [-0.2, 0) is 15.8 Å². The summed E-state index contributed by atoms with van der Waals surface area (Å²) in [6, 6.07) is 9.52. The molecule has 4 N–H and O–H groups in total. The Morgan fingerprint density at radius 1 is 1.17 bits per heavy atom. The number of aliphatic hydroxyl groups is 1. The molecule has 6 rings (SSSR count). The molecular weight excluding hydrogens is 648 g/mol. The van der Waals surface area contributed by atoms with Crippen LogP contribution < -0.4 is 20.5 Å². The Kier molecular flexibility index (Phi) is 8.02. The number of ether oxygens (including phenoxy) is 2. The predicted octanol–water partition coefficient (Wildman–Crippen LogP) is 5.47. The number of rotatable bonds is 9. The molecule has 2 aliphatic rings. The van der Waals surface area contributed by atoms with Crippen molar-refractivity contribution in [2.45, 2.75) is 37.2 Å². The minimum absolute atomic E-state index is 0.0532. The maximum Gasteiger partial charge on any atom is 0.260 e. The molecule has 14 heteroatoms. The molecule has 9 nitrogen and oxygen atoms in total. The third-order valence-electron chi connectivity index (χ3n) is 8.61. The number of fused-ring (bicyclic) bond motifs is 2. The summed E-state index contributed by atoms with van der Waals surface area (Å²) < 4.78 is 54.4. The molecule has 240 valence electrons. The van der Waals surface area contributed by atoms with Crippen molar-refractivity contribution < 1.29 is 37.3 Å². The zero-order valence-corrected chi connectivity index (χ0v) is 26.0. The predicted molar refractivity (Wildman–Crippen MR) is 164 cm³/mol. The molecule has 1 saturated carbocycles. The minimum atomic E-state index is -3.27. The number of halogens is 5. The molecule has 1 aliphatic heterocycles. The van der Waals surface area contributed by atoms with Crippen molar-refractivity contribution in [1.82, 2.24) is 15.3 Å². The number of amides is 2. The fraction of sp³-hybridized carbons (Fsp3) is 0.312. The number of nitrogens with two attached hydrogens (primary N) is 1. The van der Waals surface area contributed by atoms with Crippen molar-refractivity contribution in [3.8, 4) is 22.8 Å². The van der Waals surface area contributed by atoms with E-state index in [4.69, 9.17) is 38.4 Å². The van der Waals surface area contributed by atoms with Crippen LogP contribution in [0.25, 0.3) is 22.2 Å². The monoisotopic (exact) mass is 674 g/mol. The van der Waals surface area contributed by atoms with Gasteiger partial charge in [-0.1, -0.05) is 23.2 Å². The number of pyridine rings is 2. The van der Waals surface area contributed by atoms with Crippen molar-refractivity contribution >= 4 is 45.9 Å². The fourth-order valence-electron chi connectivity index (χ4n) is 5.76. The first-order valence-corrected chi connectivity index (χ1v) is 14.9. The Labute approximate surface area is 270 Å². The fourth-order valence-corrected chi connectivity index (χ4v) is 6.10. The van der Waals surface area contributed by atoms with Crippen LogP contribution in [0.5, 0.6) is 11.5 Å². The van der Waals surface area contributed by atoms with Crippen molar-refractivity contribution in [1.29, 1.82) is 0 Å². The van der Waals surface area contributed by atoms with Crippen LogP contribution in [0.4, 0.5) is 13.2 Å².